The summed E-state index contributed by atoms with van der Waals surface area (Å²) in [5, 5.41) is 8.95. The zero-order valence-corrected chi connectivity index (χ0v) is 20.0. The van der Waals surface area contributed by atoms with Crippen molar-refractivity contribution in [3.8, 4) is 0 Å². The summed E-state index contributed by atoms with van der Waals surface area (Å²) in [7, 11) is 0. The van der Waals surface area contributed by atoms with E-state index in [0.717, 1.165) is 33.8 Å². The molecule has 2 aliphatic heterocycles. The van der Waals surface area contributed by atoms with E-state index in [-0.39, 0.29) is 37.0 Å². The van der Waals surface area contributed by atoms with Gasteiger partial charge in [0.2, 0.25) is 11.8 Å². The Labute approximate surface area is 203 Å². The average molecular weight is 489 g/mol. The molecular weight excluding hydrogens is 457 g/mol. The Morgan fingerprint density at radius 1 is 1.09 bits per heavy atom. The van der Waals surface area contributed by atoms with E-state index in [1.807, 2.05) is 50.2 Å². The van der Waals surface area contributed by atoms with Gasteiger partial charge in [0, 0.05) is 49.7 Å². The molecule has 3 N–H and O–H groups in total. The lowest BCUT2D eigenvalue weighted by atomic mass is 9.95. The molecule has 188 valence electrons. The molecule has 2 aromatic rings. The maximum atomic E-state index is 13.0. The van der Waals surface area contributed by atoms with Crippen molar-refractivity contribution >= 4 is 28.9 Å². The summed E-state index contributed by atoms with van der Waals surface area (Å²) in [5.41, 5.74) is 5.80. The molecule has 0 bridgehead atoms. The molecule has 2 aromatic carbocycles. The SMILES string of the molecule is Cc1cc(N2CCC(C(F)(F)F)CC2)c(C)cc1Nc1ccc(CNC(=O)C2CNC(=O)C2)cc1. The average Bonchev–Trinajstić information content (AvgIpc) is 3.26. The molecule has 0 spiro atoms. The zero-order valence-electron chi connectivity index (χ0n) is 20.0. The van der Waals surface area contributed by atoms with E-state index < -0.39 is 12.1 Å². The largest absolute Gasteiger partial charge is 0.391 e. The Hall–Kier alpha value is -3.23. The van der Waals surface area contributed by atoms with Gasteiger partial charge in [0.05, 0.1) is 11.8 Å². The molecule has 35 heavy (non-hydrogen) atoms. The van der Waals surface area contributed by atoms with Gasteiger partial charge < -0.3 is 20.9 Å². The van der Waals surface area contributed by atoms with E-state index >= 15 is 0 Å². The third kappa shape index (κ3) is 6.07. The first kappa shape index (κ1) is 24.9. The van der Waals surface area contributed by atoms with Gasteiger partial charge in [-0.3, -0.25) is 9.59 Å². The van der Waals surface area contributed by atoms with Crippen molar-refractivity contribution in [1.29, 1.82) is 0 Å². The highest BCUT2D eigenvalue weighted by Gasteiger charge is 2.41. The van der Waals surface area contributed by atoms with Gasteiger partial charge in [-0.05, 0) is 67.6 Å². The summed E-state index contributed by atoms with van der Waals surface area (Å²) in [4.78, 5) is 25.5. The van der Waals surface area contributed by atoms with Crippen LogP contribution in [0, 0.1) is 25.7 Å². The second-order valence-corrected chi connectivity index (χ2v) is 9.50. The summed E-state index contributed by atoms with van der Waals surface area (Å²) in [6.45, 7) is 5.56. The van der Waals surface area contributed by atoms with Crippen LogP contribution in [0.3, 0.4) is 0 Å². The van der Waals surface area contributed by atoms with Crippen LogP contribution >= 0.6 is 0 Å². The first-order valence-corrected chi connectivity index (χ1v) is 11.9. The molecule has 0 aliphatic carbocycles. The summed E-state index contributed by atoms with van der Waals surface area (Å²) in [5.74, 6) is -1.74. The van der Waals surface area contributed by atoms with Gasteiger partial charge in [-0.25, -0.2) is 0 Å². The molecule has 1 atom stereocenters. The molecule has 0 aromatic heterocycles. The minimum absolute atomic E-state index is 0.0924. The lowest BCUT2D eigenvalue weighted by molar-refractivity contribution is -0.179. The lowest BCUT2D eigenvalue weighted by Crippen LogP contribution is -2.39. The molecule has 6 nitrogen and oxygen atoms in total. The predicted octanol–water partition coefficient (Wildman–Crippen LogP) is 4.58. The van der Waals surface area contributed by atoms with E-state index in [0.29, 0.717) is 26.2 Å². The summed E-state index contributed by atoms with van der Waals surface area (Å²) < 4.78 is 39.0. The number of hydrogen-bond acceptors (Lipinski definition) is 4. The van der Waals surface area contributed by atoms with Crippen LogP contribution in [0.5, 0.6) is 0 Å². The van der Waals surface area contributed by atoms with Gasteiger partial charge in [0.1, 0.15) is 0 Å². The standard InChI is InChI=1S/C26H31F3N4O2/c1-16-12-23(33-9-7-20(8-10-33)26(27,28)29)17(2)11-22(16)32-21-5-3-18(4-6-21)14-31-25(35)19-13-24(34)30-15-19/h3-6,11-12,19-20,32H,7-10,13-15H2,1-2H3,(H,30,34)(H,31,35). The van der Waals surface area contributed by atoms with Crippen LogP contribution in [0.4, 0.5) is 30.2 Å². The van der Waals surface area contributed by atoms with Gasteiger partial charge in [-0.2, -0.15) is 13.2 Å². The lowest BCUT2D eigenvalue weighted by Gasteiger charge is -2.35. The van der Waals surface area contributed by atoms with Crippen LogP contribution < -0.4 is 20.9 Å². The van der Waals surface area contributed by atoms with Gasteiger partial charge in [-0.1, -0.05) is 12.1 Å². The van der Waals surface area contributed by atoms with Gasteiger partial charge >= 0.3 is 6.18 Å². The first-order valence-electron chi connectivity index (χ1n) is 11.9. The highest BCUT2D eigenvalue weighted by molar-refractivity contribution is 5.89. The number of rotatable bonds is 6. The van der Waals surface area contributed by atoms with Gasteiger partial charge in [0.15, 0.2) is 0 Å². The van der Waals surface area contributed by atoms with Crippen molar-refractivity contribution in [2.75, 3.05) is 29.9 Å². The van der Waals surface area contributed by atoms with E-state index in [4.69, 9.17) is 0 Å². The van der Waals surface area contributed by atoms with Crippen molar-refractivity contribution in [2.45, 2.75) is 45.8 Å². The Kier molecular flexibility index (Phi) is 7.23. The van der Waals surface area contributed by atoms with Gasteiger partial charge in [-0.15, -0.1) is 0 Å². The van der Waals surface area contributed by atoms with Crippen LogP contribution in [-0.4, -0.2) is 37.6 Å². The van der Waals surface area contributed by atoms with E-state index in [2.05, 4.69) is 20.9 Å². The third-order valence-corrected chi connectivity index (χ3v) is 6.89. The normalized spacial score (nSPS) is 18.9. The highest BCUT2D eigenvalue weighted by Crippen LogP contribution is 2.37. The van der Waals surface area contributed by atoms with Crippen LogP contribution in [-0.2, 0) is 16.1 Å². The number of amides is 2. The molecule has 0 radical (unpaired) electrons. The number of nitrogens with zero attached hydrogens (tertiary/aromatic N) is 1. The number of piperidine rings is 1. The number of carbonyl (C=O) groups excluding carboxylic acids is 2. The number of anilines is 3. The molecule has 2 amide bonds. The topological polar surface area (TPSA) is 73.5 Å². The first-order chi connectivity index (χ1) is 16.6. The smallest absolute Gasteiger partial charge is 0.371 e. The molecular formula is C26H31F3N4O2. The molecule has 9 heteroatoms. The Morgan fingerprint density at radius 3 is 2.37 bits per heavy atom. The Balaban J connectivity index is 1.34. The minimum Gasteiger partial charge on any atom is -0.371 e. The van der Waals surface area contributed by atoms with Crippen LogP contribution in [0.25, 0.3) is 0 Å². The summed E-state index contributed by atoms with van der Waals surface area (Å²) >= 11 is 0. The van der Waals surface area contributed by atoms with Crippen LogP contribution in [0.15, 0.2) is 36.4 Å². The fourth-order valence-corrected chi connectivity index (χ4v) is 4.71. The van der Waals surface area contributed by atoms with Crippen LogP contribution in [0.2, 0.25) is 0 Å². The molecule has 2 aliphatic rings. The molecule has 1 unspecified atom stereocenters. The second-order valence-electron chi connectivity index (χ2n) is 9.50. The molecule has 2 saturated heterocycles. The van der Waals surface area contributed by atoms with Crippen molar-refractivity contribution in [1.82, 2.24) is 10.6 Å². The summed E-state index contributed by atoms with van der Waals surface area (Å²) in [6, 6.07) is 11.8. The third-order valence-electron chi connectivity index (χ3n) is 6.89. The van der Waals surface area contributed by atoms with Crippen LogP contribution in [0.1, 0.15) is 36.0 Å². The number of aryl methyl sites for hydroxylation is 2. The van der Waals surface area contributed by atoms with Gasteiger partial charge in [0.25, 0.3) is 0 Å². The minimum atomic E-state index is -4.11. The fraction of sp³-hybridized carbons (Fsp3) is 0.462. The summed E-state index contributed by atoms with van der Waals surface area (Å²) in [6.07, 6.45) is -3.62. The Bertz CT molecular complexity index is 1080. The van der Waals surface area contributed by atoms with Crippen molar-refractivity contribution < 1.29 is 22.8 Å². The number of hydrogen-bond donors (Lipinski definition) is 3. The number of alkyl halides is 3. The maximum Gasteiger partial charge on any atom is 0.391 e. The van der Waals surface area contributed by atoms with E-state index in [9.17, 15) is 22.8 Å². The quantitative estimate of drug-likeness (QED) is 0.557. The molecule has 4 rings (SSSR count). The fourth-order valence-electron chi connectivity index (χ4n) is 4.71. The van der Waals surface area contributed by atoms with Crippen molar-refractivity contribution in [2.24, 2.45) is 11.8 Å². The maximum absolute atomic E-state index is 13.0. The van der Waals surface area contributed by atoms with E-state index in [1.54, 1.807) is 0 Å². The number of nitrogens with one attached hydrogen (secondary N) is 3. The number of carbonyl (C=O) groups is 2. The highest BCUT2D eigenvalue weighted by atomic mass is 19.4. The predicted molar refractivity (Wildman–Crippen MR) is 130 cm³/mol. The number of benzene rings is 2. The monoisotopic (exact) mass is 488 g/mol. The van der Waals surface area contributed by atoms with E-state index in [1.165, 1.54) is 0 Å². The molecule has 2 fully saturated rings. The Morgan fingerprint density at radius 2 is 1.77 bits per heavy atom. The van der Waals surface area contributed by atoms with Crippen molar-refractivity contribution in [3.05, 3.63) is 53.1 Å². The molecule has 2 heterocycles. The van der Waals surface area contributed by atoms with Crippen molar-refractivity contribution in [3.63, 3.8) is 0 Å². The number of halogens is 3. The zero-order chi connectivity index (χ0) is 25.2. The molecule has 0 saturated carbocycles. The second kappa shape index (κ2) is 10.2.